The van der Waals surface area contributed by atoms with Gasteiger partial charge >= 0.3 is 0 Å². The van der Waals surface area contributed by atoms with Gasteiger partial charge in [0, 0.05) is 63.5 Å². The van der Waals surface area contributed by atoms with Crippen LogP contribution in [0.2, 0.25) is 0 Å². The Bertz CT molecular complexity index is 650. The molecule has 0 aromatic rings. The molecule has 0 saturated carbocycles. The molecular formula is C25H44N4O4. The lowest BCUT2D eigenvalue weighted by atomic mass is 10.1. The van der Waals surface area contributed by atoms with E-state index in [1.54, 1.807) is 6.92 Å². The number of likely N-dealkylation sites (tertiary alicyclic amines) is 1. The van der Waals surface area contributed by atoms with Crippen molar-refractivity contribution in [2.24, 2.45) is 5.92 Å². The van der Waals surface area contributed by atoms with E-state index in [0.29, 0.717) is 38.8 Å². The lowest BCUT2D eigenvalue weighted by Crippen LogP contribution is -2.32. The van der Waals surface area contributed by atoms with Crippen LogP contribution >= 0.6 is 0 Å². The summed E-state index contributed by atoms with van der Waals surface area (Å²) in [6.07, 6.45) is 9.72. The molecule has 4 amide bonds. The van der Waals surface area contributed by atoms with Gasteiger partial charge in [-0.2, -0.15) is 0 Å². The van der Waals surface area contributed by atoms with Gasteiger partial charge in [0.05, 0.1) is 0 Å². The smallest absolute Gasteiger partial charge is 0.232 e. The summed E-state index contributed by atoms with van der Waals surface area (Å²) < 4.78 is 0. The van der Waals surface area contributed by atoms with E-state index >= 15 is 0 Å². The molecule has 1 heterocycles. The zero-order valence-electron chi connectivity index (χ0n) is 20.7. The predicted octanol–water partition coefficient (Wildman–Crippen LogP) is 3.03. The molecule has 0 aliphatic carbocycles. The van der Waals surface area contributed by atoms with E-state index in [9.17, 15) is 19.2 Å². The van der Waals surface area contributed by atoms with Crippen molar-refractivity contribution in [2.45, 2.75) is 90.9 Å². The molecule has 188 valence electrons. The lowest BCUT2D eigenvalue weighted by molar-refractivity contribution is -0.139. The summed E-state index contributed by atoms with van der Waals surface area (Å²) in [5.74, 6) is -0.140. The van der Waals surface area contributed by atoms with E-state index in [1.807, 2.05) is 6.92 Å². The monoisotopic (exact) mass is 464 g/mol. The predicted molar refractivity (Wildman–Crippen MR) is 130 cm³/mol. The maximum absolute atomic E-state index is 11.9. The zero-order valence-corrected chi connectivity index (χ0v) is 20.7. The Labute approximate surface area is 199 Å². The van der Waals surface area contributed by atoms with Crippen LogP contribution < -0.4 is 16.0 Å². The minimum absolute atomic E-state index is 0.0844. The van der Waals surface area contributed by atoms with Gasteiger partial charge in [-0.05, 0) is 32.1 Å². The molecule has 1 aliphatic rings. The zero-order chi connectivity index (χ0) is 24.5. The van der Waals surface area contributed by atoms with E-state index in [4.69, 9.17) is 0 Å². The molecule has 3 N–H and O–H groups in total. The molecule has 1 fully saturated rings. The van der Waals surface area contributed by atoms with Crippen molar-refractivity contribution in [1.29, 1.82) is 0 Å². The number of nitrogens with zero attached hydrogens (tertiary/aromatic N) is 1. The minimum atomic E-state index is -0.202. The van der Waals surface area contributed by atoms with Crippen molar-refractivity contribution in [2.75, 3.05) is 26.2 Å². The van der Waals surface area contributed by atoms with Gasteiger partial charge in [-0.3, -0.25) is 24.1 Å². The van der Waals surface area contributed by atoms with Gasteiger partial charge in [-0.15, -0.1) is 0 Å². The number of imide groups is 1. The van der Waals surface area contributed by atoms with E-state index in [2.05, 4.69) is 22.5 Å². The van der Waals surface area contributed by atoms with Crippen LogP contribution in [-0.4, -0.2) is 54.7 Å². The number of unbranched alkanes of at least 4 members (excludes halogenated alkanes) is 5. The molecule has 0 radical (unpaired) electrons. The van der Waals surface area contributed by atoms with E-state index in [0.717, 1.165) is 70.2 Å². The molecule has 8 nitrogen and oxygen atoms in total. The SMILES string of the molecule is C=C(CCN1C(=O)CC(C)C1=O)NCCCCCC(=O)NCCCCCCNC(=O)CCC. The van der Waals surface area contributed by atoms with Gasteiger partial charge in [-0.25, -0.2) is 0 Å². The van der Waals surface area contributed by atoms with Crippen LogP contribution in [0.5, 0.6) is 0 Å². The second kappa shape index (κ2) is 17.1. The Hall–Kier alpha value is -2.38. The molecule has 33 heavy (non-hydrogen) atoms. The maximum Gasteiger partial charge on any atom is 0.232 e. The van der Waals surface area contributed by atoms with Crippen LogP contribution in [-0.2, 0) is 19.2 Å². The molecule has 0 bridgehead atoms. The first-order valence-corrected chi connectivity index (χ1v) is 12.6. The summed E-state index contributed by atoms with van der Waals surface area (Å²) in [6, 6.07) is 0. The summed E-state index contributed by atoms with van der Waals surface area (Å²) in [5, 5.41) is 9.13. The van der Waals surface area contributed by atoms with Crippen LogP contribution in [0.25, 0.3) is 0 Å². The number of carbonyl (C=O) groups is 4. The highest BCUT2D eigenvalue weighted by atomic mass is 16.2. The van der Waals surface area contributed by atoms with Crippen LogP contribution in [0.1, 0.15) is 90.9 Å². The number of rotatable bonds is 19. The number of hydrogen-bond donors (Lipinski definition) is 3. The summed E-state index contributed by atoms with van der Waals surface area (Å²) >= 11 is 0. The molecule has 1 unspecified atom stereocenters. The van der Waals surface area contributed by atoms with Gasteiger partial charge in [0.25, 0.3) is 0 Å². The Balaban J connectivity index is 1.89. The van der Waals surface area contributed by atoms with Crippen LogP contribution in [0.4, 0.5) is 0 Å². The maximum atomic E-state index is 11.9. The van der Waals surface area contributed by atoms with Gasteiger partial charge in [-0.1, -0.05) is 39.7 Å². The fourth-order valence-electron chi connectivity index (χ4n) is 3.73. The summed E-state index contributed by atoms with van der Waals surface area (Å²) in [5.41, 5.74) is 0.830. The first-order chi connectivity index (χ1) is 15.8. The average Bonchev–Trinajstić information content (AvgIpc) is 3.02. The molecule has 1 saturated heterocycles. The topological polar surface area (TPSA) is 108 Å². The van der Waals surface area contributed by atoms with Gasteiger partial charge in [0.15, 0.2) is 0 Å². The summed E-state index contributed by atoms with van der Waals surface area (Å²) in [6.45, 7) is 10.4. The van der Waals surface area contributed by atoms with Crippen molar-refractivity contribution in [1.82, 2.24) is 20.9 Å². The molecule has 0 spiro atoms. The molecule has 0 aromatic carbocycles. The highest BCUT2D eigenvalue weighted by molar-refractivity contribution is 6.03. The van der Waals surface area contributed by atoms with E-state index < -0.39 is 0 Å². The number of nitrogens with one attached hydrogen (secondary N) is 3. The molecule has 0 aromatic heterocycles. The Morgan fingerprint density at radius 3 is 1.94 bits per heavy atom. The minimum Gasteiger partial charge on any atom is -0.389 e. The summed E-state index contributed by atoms with van der Waals surface area (Å²) in [7, 11) is 0. The van der Waals surface area contributed by atoms with Gasteiger partial charge in [0.1, 0.15) is 0 Å². The van der Waals surface area contributed by atoms with E-state index in [-0.39, 0.29) is 29.5 Å². The third-order valence-electron chi connectivity index (χ3n) is 5.79. The van der Waals surface area contributed by atoms with Crippen molar-refractivity contribution in [3.63, 3.8) is 0 Å². The average molecular weight is 465 g/mol. The van der Waals surface area contributed by atoms with Crippen LogP contribution in [0, 0.1) is 5.92 Å². The molecule has 1 atom stereocenters. The normalized spacial score (nSPS) is 15.6. The lowest BCUT2D eigenvalue weighted by Gasteiger charge is -2.16. The first kappa shape index (κ1) is 28.7. The van der Waals surface area contributed by atoms with Crippen molar-refractivity contribution >= 4 is 23.6 Å². The fraction of sp³-hybridized carbons (Fsp3) is 0.760. The van der Waals surface area contributed by atoms with Crippen molar-refractivity contribution in [3.8, 4) is 0 Å². The molecular weight excluding hydrogens is 420 g/mol. The van der Waals surface area contributed by atoms with Gasteiger partial charge < -0.3 is 16.0 Å². The van der Waals surface area contributed by atoms with E-state index in [1.165, 1.54) is 4.90 Å². The highest BCUT2D eigenvalue weighted by Crippen LogP contribution is 2.19. The van der Waals surface area contributed by atoms with Gasteiger partial charge in [0.2, 0.25) is 23.6 Å². The third kappa shape index (κ3) is 13.0. The standard InChI is InChI=1S/C25H44N4O4/c1-4-12-22(30)27-16-9-5-6-10-17-28-23(31)13-8-7-11-15-26-21(3)14-18-29-24(32)19-20(2)25(29)33/h20,26H,3-19H2,1-2H3,(H,27,30)(H,28,31). The van der Waals surface area contributed by atoms with Crippen molar-refractivity contribution < 1.29 is 19.2 Å². The Kier molecular flexibility index (Phi) is 14.9. The van der Waals surface area contributed by atoms with Crippen LogP contribution in [0.3, 0.4) is 0 Å². The number of amides is 4. The second-order valence-electron chi connectivity index (χ2n) is 8.94. The number of carbonyl (C=O) groups excluding carboxylic acids is 4. The van der Waals surface area contributed by atoms with Crippen molar-refractivity contribution in [3.05, 3.63) is 12.3 Å². The number of hydrogen-bond acceptors (Lipinski definition) is 5. The highest BCUT2D eigenvalue weighted by Gasteiger charge is 2.34. The second-order valence-corrected chi connectivity index (χ2v) is 8.94. The molecule has 8 heteroatoms. The first-order valence-electron chi connectivity index (χ1n) is 12.6. The quantitative estimate of drug-likeness (QED) is 0.201. The fourth-order valence-corrected chi connectivity index (χ4v) is 3.73. The largest absolute Gasteiger partial charge is 0.389 e. The van der Waals surface area contributed by atoms with Crippen LogP contribution in [0.15, 0.2) is 12.3 Å². The molecule has 1 rings (SSSR count). The third-order valence-corrected chi connectivity index (χ3v) is 5.79. The summed E-state index contributed by atoms with van der Waals surface area (Å²) in [4.78, 5) is 48.3. The Morgan fingerprint density at radius 1 is 0.848 bits per heavy atom. The molecule has 1 aliphatic heterocycles. The Morgan fingerprint density at radius 2 is 1.39 bits per heavy atom.